The summed E-state index contributed by atoms with van der Waals surface area (Å²) in [5.74, 6) is 0.659. The molecule has 0 spiro atoms. The quantitative estimate of drug-likeness (QED) is 0.160. The van der Waals surface area contributed by atoms with Crippen molar-refractivity contribution in [2.45, 2.75) is 0 Å². The number of fused-ring (bicyclic) bond motifs is 12. The molecule has 0 aliphatic carbocycles. The minimum absolute atomic E-state index is 0.659. The first-order valence-electron chi connectivity index (χ1n) is 25.7. The highest BCUT2D eigenvalue weighted by molar-refractivity contribution is 6.15. The summed E-state index contributed by atoms with van der Waals surface area (Å²) < 4.78 is 17.9. The van der Waals surface area contributed by atoms with Gasteiger partial charge in [-0.15, -0.1) is 0 Å². The summed E-state index contributed by atoms with van der Waals surface area (Å²) in [5, 5.41) is 9.21. The highest BCUT2D eigenvalue weighted by Gasteiger charge is 2.20. The zero-order valence-electron chi connectivity index (χ0n) is 40.9. The van der Waals surface area contributed by atoms with Gasteiger partial charge in [-0.05, 0) is 77.9 Å². The van der Waals surface area contributed by atoms with Gasteiger partial charge in [0.05, 0.1) is 33.5 Å². The monoisotopic (exact) mass is 970 g/mol. The summed E-state index contributed by atoms with van der Waals surface area (Å²) in [4.78, 5) is 10.7. The van der Waals surface area contributed by atoms with Gasteiger partial charge in [-0.25, -0.2) is 9.97 Å². The third kappa shape index (κ3) is 6.54. The molecule has 16 rings (SSSR count). The van der Waals surface area contributed by atoms with Crippen molar-refractivity contribution >= 4 is 87.5 Å². The molecular formula is C70H42N4O2. The number of hydrogen-bond donors (Lipinski definition) is 0. The van der Waals surface area contributed by atoms with E-state index in [4.69, 9.17) is 18.8 Å². The second-order valence-corrected chi connectivity index (χ2v) is 19.7. The summed E-state index contributed by atoms with van der Waals surface area (Å²) in [6, 6.07) is 90.3. The highest BCUT2D eigenvalue weighted by atomic mass is 16.3. The molecule has 0 aliphatic rings. The minimum Gasteiger partial charge on any atom is -0.455 e. The van der Waals surface area contributed by atoms with Gasteiger partial charge in [-0.1, -0.05) is 188 Å². The number of hydrogen-bond acceptors (Lipinski definition) is 4. The van der Waals surface area contributed by atoms with Crippen molar-refractivity contribution in [1.82, 2.24) is 19.1 Å². The summed E-state index contributed by atoms with van der Waals surface area (Å²) >= 11 is 0. The lowest BCUT2D eigenvalue weighted by atomic mass is 10.0. The summed E-state index contributed by atoms with van der Waals surface area (Å²) in [6.07, 6.45) is 0. The first-order valence-corrected chi connectivity index (χ1v) is 25.7. The van der Waals surface area contributed by atoms with Gasteiger partial charge in [0, 0.05) is 82.3 Å². The van der Waals surface area contributed by atoms with Crippen LogP contribution in [0.5, 0.6) is 0 Å². The third-order valence-electron chi connectivity index (χ3n) is 15.3. The van der Waals surface area contributed by atoms with Crippen LogP contribution in [0.25, 0.3) is 155 Å². The van der Waals surface area contributed by atoms with E-state index in [9.17, 15) is 0 Å². The summed E-state index contributed by atoms with van der Waals surface area (Å²) in [7, 11) is 0. The smallest absolute Gasteiger partial charge is 0.160 e. The van der Waals surface area contributed by atoms with Gasteiger partial charge in [0.15, 0.2) is 5.82 Å². The van der Waals surface area contributed by atoms with Crippen molar-refractivity contribution in [3.63, 3.8) is 0 Å². The van der Waals surface area contributed by atoms with Crippen LogP contribution < -0.4 is 0 Å². The lowest BCUT2D eigenvalue weighted by Gasteiger charge is -2.14. The maximum atomic E-state index is 6.55. The molecule has 6 heteroatoms. The van der Waals surface area contributed by atoms with Gasteiger partial charge >= 0.3 is 0 Å². The molecule has 6 nitrogen and oxygen atoms in total. The average Bonchev–Trinajstić information content (AvgIpc) is 4.30. The predicted octanol–water partition coefficient (Wildman–Crippen LogP) is 18.8. The van der Waals surface area contributed by atoms with E-state index in [1.807, 2.05) is 42.5 Å². The molecule has 354 valence electrons. The molecule has 0 unspecified atom stereocenters. The fraction of sp³-hybridized carbons (Fsp3) is 0. The predicted molar refractivity (Wildman–Crippen MR) is 312 cm³/mol. The van der Waals surface area contributed by atoms with Crippen LogP contribution in [0.3, 0.4) is 0 Å². The number of para-hydroxylation sites is 6. The molecule has 0 radical (unpaired) electrons. The molecule has 11 aromatic carbocycles. The molecule has 16 aromatic rings. The fourth-order valence-corrected chi connectivity index (χ4v) is 11.8. The molecule has 0 fully saturated rings. The SMILES string of the molecule is c1ccc(-c2nc(-c3cccc(-n4c5ccccc5c5ccc(-c6cccc7c6oc6ccccc67)cc54)c3)cc(-c3cccc(-n4c5ccccc5c5ccc(-c6cccc7c6oc6ccccc67)cc54)c3)n2)cc1. The number of rotatable bonds is 7. The van der Waals surface area contributed by atoms with Crippen molar-refractivity contribution in [1.29, 1.82) is 0 Å². The van der Waals surface area contributed by atoms with Crippen LogP contribution in [0, 0.1) is 0 Å². The Morgan fingerprint density at radius 1 is 0.263 bits per heavy atom. The lowest BCUT2D eigenvalue weighted by Crippen LogP contribution is -1.99. The molecular weight excluding hydrogens is 929 g/mol. The largest absolute Gasteiger partial charge is 0.455 e. The van der Waals surface area contributed by atoms with Gasteiger partial charge in [0.25, 0.3) is 0 Å². The van der Waals surface area contributed by atoms with Crippen molar-refractivity contribution in [3.8, 4) is 67.5 Å². The van der Waals surface area contributed by atoms with Gasteiger partial charge < -0.3 is 18.0 Å². The molecule has 0 bridgehead atoms. The topological polar surface area (TPSA) is 61.9 Å². The minimum atomic E-state index is 0.659. The first-order chi connectivity index (χ1) is 37.7. The van der Waals surface area contributed by atoms with Crippen LogP contribution in [-0.4, -0.2) is 19.1 Å². The van der Waals surface area contributed by atoms with Gasteiger partial charge in [-0.2, -0.15) is 0 Å². The van der Waals surface area contributed by atoms with E-state index in [2.05, 4.69) is 221 Å². The van der Waals surface area contributed by atoms with Gasteiger partial charge in [0.1, 0.15) is 22.3 Å². The Morgan fingerprint density at radius 2 is 0.671 bits per heavy atom. The molecule has 0 atom stereocenters. The average molecular weight is 971 g/mol. The number of benzene rings is 11. The van der Waals surface area contributed by atoms with Crippen molar-refractivity contribution < 1.29 is 8.83 Å². The van der Waals surface area contributed by atoms with E-state index in [1.165, 1.54) is 21.5 Å². The highest BCUT2D eigenvalue weighted by Crippen LogP contribution is 2.42. The normalized spacial score (nSPS) is 11.9. The molecule has 5 heterocycles. The Kier molecular flexibility index (Phi) is 9.23. The lowest BCUT2D eigenvalue weighted by molar-refractivity contribution is 0.669. The fourth-order valence-electron chi connectivity index (χ4n) is 11.8. The Bertz CT molecular complexity index is 4720. The molecule has 76 heavy (non-hydrogen) atoms. The van der Waals surface area contributed by atoms with Crippen LogP contribution in [0.15, 0.2) is 264 Å². The Hall–Kier alpha value is -10.3. The zero-order chi connectivity index (χ0) is 49.8. The third-order valence-corrected chi connectivity index (χ3v) is 15.3. The van der Waals surface area contributed by atoms with E-state index in [0.717, 1.165) is 128 Å². The second kappa shape index (κ2) is 16.6. The number of nitrogens with zero attached hydrogens (tertiary/aromatic N) is 4. The Balaban J connectivity index is 0.841. The molecule has 0 saturated carbocycles. The maximum Gasteiger partial charge on any atom is 0.160 e. The van der Waals surface area contributed by atoms with Crippen LogP contribution in [-0.2, 0) is 0 Å². The standard InChI is InChI=1S/C70H42N4O2/c1-2-16-43(17-3-1)70-71-60(46-18-12-20-48(38-46)73-62-30-8-4-22-52(62)54-36-34-44(40-64(54)73)50-26-14-28-58-56-24-6-10-32-66(56)75-68(50)58)42-61(72-70)47-19-13-21-49(39-47)74-63-31-9-5-23-53(63)55-37-35-45(41-65(55)74)51-27-15-29-59-57-25-7-11-33-67(57)76-69(51)59/h1-42H. The first kappa shape index (κ1) is 42.2. The van der Waals surface area contributed by atoms with E-state index < -0.39 is 0 Å². The van der Waals surface area contributed by atoms with E-state index in [1.54, 1.807) is 0 Å². The van der Waals surface area contributed by atoms with Crippen molar-refractivity contribution in [3.05, 3.63) is 255 Å². The van der Waals surface area contributed by atoms with Gasteiger partial charge in [-0.3, -0.25) is 0 Å². The van der Waals surface area contributed by atoms with Crippen LogP contribution >= 0.6 is 0 Å². The molecule has 0 amide bonds. The Labute approximate surface area is 435 Å². The molecule has 0 aliphatic heterocycles. The van der Waals surface area contributed by atoms with Crippen LogP contribution in [0.1, 0.15) is 0 Å². The number of aromatic nitrogens is 4. The Morgan fingerprint density at radius 3 is 1.18 bits per heavy atom. The molecule has 5 aromatic heterocycles. The van der Waals surface area contributed by atoms with Crippen LogP contribution in [0.4, 0.5) is 0 Å². The van der Waals surface area contributed by atoms with E-state index in [-0.39, 0.29) is 0 Å². The summed E-state index contributed by atoms with van der Waals surface area (Å²) in [5.41, 5.74) is 19.0. The molecule has 0 saturated heterocycles. The van der Waals surface area contributed by atoms with E-state index >= 15 is 0 Å². The van der Waals surface area contributed by atoms with E-state index in [0.29, 0.717) is 5.82 Å². The van der Waals surface area contributed by atoms with Crippen molar-refractivity contribution in [2.75, 3.05) is 0 Å². The summed E-state index contributed by atoms with van der Waals surface area (Å²) in [6.45, 7) is 0. The maximum absolute atomic E-state index is 6.55. The van der Waals surface area contributed by atoms with Crippen LogP contribution in [0.2, 0.25) is 0 Å². The number of furan rings is 2. The molecule has 0 N–H and O–H groups in total. The van der Waals surface area contributed by atoms with Crippen molar-refractivity contribution in [2.24, 2.45) is 0 Å². The second-order valence-electron chi connectivity index (χ2n) is 19.7. The van der Waals surface area contributed by atoms with Gasteiger partial charge in [0.2, 0.25) is 0 Å². The zero-order valence-corrected chi connectivity index (χ0v) is 40.9.